The maximum Gasteiger partial charge on any atom is 0.289 e. The highest BCUT2D eigenvalue weighted by atomic mass is 35.5. The van der Waals surface area contributed by atoms with Gasteiger partial charge in [-0.15, -0.1) is 22.7 Å². The quantitative estimate of drug-likeness (QED) is 0.473. The zero-order valence-electron chi connectivity index (χ0n) is 14.5. The fourth-order valence-corrected chi connectivity index (χ4v) is 4.95. The molecule has 7 heteroatoms. The largest absolute Gasteiger partial charge is 0.316 e. The van der Waals surface area contributed by atoms with Gasteiger partial charge in [0.05, 0.1) is 20.6 Å². The van der Waals surface area contributed by atoms with Crippen molar-refractivity contribution < 1.29 is 4.79 Å². The number of nitrogens with zero attached hydrogens (tertiary/aromatic N) is 2. The van der Waals surface area contributed by atoms with Crippen molar-refractivity contribution in [1.82, 2.24) is 4.57 Å². The Morgan fingerprint density at radius 1 is 1.19 bits per heavy atom. The van der Waals surface area contributed by atoms with Crippen molar-refractivity contribution in [2.24, 2.45) is 4.99 Å². The molecule has 3 rings (SSSR count). The summed E-state index contributed by atoms with van der Waals surface area (Å²) in [7, 11) is 0. The zero-order valence-corrected chi connectivity index (χ0v) is 17.6. The number of carbonyl (C=O) groups is 1. The van der Waals surface area contributed by atoms with Crippen molar-refractivity contribution in [2.45, 2.75) is 33.2 Å². The van der Waals surface area contributed by atoms with Crippen LogP contribution >= 0.6 is 45.9 Å². The Balaban J connectivity index is 2.18. The van der Waals surface area contributed by atoms with Gasteiger partial charge in [0.1, 0.15) is 0 Å². The summed E-state index contributed by atoms with van der Waals surface area (Å²) in [5.41, 5.74) is 2.06. The third-order valence-electron chi connectivity index (χ3n) is 3.89. The van der Waals surface area contributed by atoms with E-state index < -0.39 is 0 Å². The van der Waals surface area contributed by atoms with E-state index >= 15 is 0 Å². The molecule has 3 nitrogen and oxygen atoms in total. The van der Waals surface area contributed by atoms with Crippen molar-refractivity contribution in [3.63, 3.8) is 0 Å². The third-order valence-corrected chi connectivity index (χ3v) is 6.63. The summed E-state index contributed by atoms with van der Waals surface area (Å²) in [5.74, 6) is -0.202. The number of carbonyl (C=O) groups excluding carboxylic acids is 1. The first-order chi connectivity index (χ1) is 12.5. The summed E-state index contributed by atoms with van der Waals surface area (Å²) in [4.78, 5) is 19.4. The minimum absolute atomic E-state index is 0.202. The van der Waals surface area contributed by atoms with Gasteiger partial charge in [-0.1, -0.05) is 48.7 Å². The first-order valence-electron chi connectivity index (χ1n) is 8.35. The Bertz CT molecular complexity index is 988. The molecule has 3 aromatic rings. The van der Waals surface area contributed by atoms with Crippen LogP contribution in [0.3, 0.4) is 0 Å². The van der Waals surface area contributed by atoms with E-state index in [1.165, 1.54) is 16.2 Å². The number of thiophene rings is 1. The second-order valence-electron chi connectivity index (χ2n) is 5.67. The van der Waals surface area contributed by atoms with Crippen molar-refractivity contribution in [3.05, 3.63) is 60.3 Å². The predicted octanol–water partition coefficient (Wildman–Crippen LogP) is 6.30. The summed E-state index contributed by atoms with van der Waals surface area (Å²) < 4.78 is 2.08. The molecule has 0 aliphatic heterocycles. The van der Waals surface area contributed by atoms with E-state index in [0.29, 0.717) is 21.5 Å². The number of hydrogen-bond acceptors (Lipinski definition) is 3. The first-order valence-corrected chi connectivity index (χ1v) is 10.8. The number of benzene rings is 1. The van der Waals surface area contributed by atoms with E-state index in [1.807, 2.05) is 23.6 Å². The standard InChI is InChI=1S/C19H18Cl2N2OS2/c1-3-6-15-17(12-8-9-13(20)14(21)11-12)23(4-2)19(26-15)22-18(24)16-7-5-10-25-16/h5,7-11H,3-4,6H2,1-2H3. The zero-order chi connectivity index (χ0) is 18.7. The minimum atomic E-state index is -0.202. The number of rotatable bonds is 5. The number of halogens is 2. The molecule has 0 unspecified atom stereocenters. The van der Waals surface area contributed by atoms with Crippen LogP contribution in [0, 0.1) is 0 Å². The predicted molar refractivity (Wildman–Crippen MR) is 112 cm³/mol. The molecule has 0 saturated carbocycles. The SMILES string of the molecule is CCCc1sc(=NC(=O)c2cccs2)n(CC)c1-c1ccc(Cl)c(Cl)c1. The van der Waals surface area contributed by atoms with Crippen LogP contribution in [0.5, 0.6) is 0 Å². The second kappa shape index (κ2) is 8.53. The highest BCUT2D eigenvalue weighted by Gasteiger charge is 2.16. The van der Waals surface area contributed by atoms with E-state index in [-0.39, 0.29) is 5.91 Å². The normalized spacial score (nSPS) is 11.9. The van der Waals surface area contributed by atoms with E-state index in [4.69, 9.17) is 23.2 Å². The molecular weight excluding hydrogens is 407 g/mol. The Hall–Kier alpha value is -1.40. The second-order valence-corrected chi connectivity index (χ2v) is 8.50. The van der Waals surface area contributed by atoms with Gasteiger partial charge in [-0.3, -0.25) is 4.79 Å². The lowest BCUT2D eigenvalue weighted by Crippen LogP contribution is -2.16. The molecule has 0 atom stereocenters. The van der Waals surface area contributed by atoms with Gasteiger partial charge < -0.3 is 4.57 Å². The van der Waals surface area contributed by atoms with Gasteiger partial charge in [0.2, 0.25) is 0 Å². The van der Waals surface area contributed by atoms with E-state index in [0.717, 1.165) is 28.9 Å². The summed E-state index contributed by atoms with van der Waals surface area (Å²) in [5, 5.41) is 2.94. The van der Waals surface area contributed by atoms with E-state index in [9.17, 15) is 4.79 Å². The molecule has 1 aromatic carbocycles. The van der Waals surface area contributed by atoms with Crippen LogP contribution in [0.1, 0.15) is 34.8 Å². The molecule has 26 heavy (non-hydrogen) atoms. The van der Waals surface area contributed by atoms with Crippen LogP contribution < -0.4 is 4.80 Å². The van der Waals surface area contributed by atoms with Crippen LogP contribution in [-0.4, -0.2) is 10.5 Å². The van der Waals surface area contributed by atoms with Crippen LogP contribution in [-0.2, 0) is 13.0 Å². The van der Waals surface area contributed by atoms with Gasteiger partial charge in [0, 0.05) is 17.0 Å². The Labute approximate surface area is 170 Å². The number of amides is 1. The van der Waals surface area contributed by atoms with Crippen LogP contribution in [0.25, 0.3) is 11.3 Å². The van der Waals surface area contributed by atoms with Crippen molar-refractivity contribution in [1.29, 1.82) is 0 Å². The maximum atomic E-state index is 12.5. The number of hydrogen-bond donors (Lipinski definition) is 0. The van der Waals surface area contributed by atoms with Gasteiger partial charge in [-0.2, -0.15) is 4.99 Å². The van der Waals surface area contributed by atoms with Gasteiger partial charge in [-0.05, 0) is 36.9 Å². The van der Waals surface area contributed by atoms with Crippen molar-refractivity contribution in [2.75, 3.05) is 0 Å². The fraction of sp³-hybridized carbons (Fsp3) is 0.263. The molecule has 0 fully saturated rings. The van der Waals surface area contributed by atoms with Gasteiger partial charge in [-0.25, -0.2) is 0 Å². The average Bonchev–Trinajstić information content (AvgIpc) is 3.26. The van der Waals surface area contributed by atoms with E-state index in [1.54, 1.807) is 23.5 Å². The highest BCUT2D eigenvalue weighted by molar-refractivity contribution is 7.12. The summed E-state index contributed by atoms with van der Waals surface area (Å²) >= 11 is 15.3. The van der Waals surface area contributed by atoms with E-state index in [2.05, 4.69) is 23.4 Å². The van der Waals surface area contributed by atoms with Crippen LogP contribution in [0.15, 0.2) is 40.7 Å². The van der Waals surface area contributed by atoms with Gasteiger partial charge in [0.25, 0.3) is 5.91 Å². The monoisotopic (exact) mass is 424 g/mol. The van der Waals surface area contributed by atoms with Crippen LogP contribution in [0.2, 0.25) is 10.0 Å². The summed E-state index contributed by atoms with van der Waals surface area (Å²) in [6, 6.07) is 9.31. The highest BCUT2D eigenvalue weighted by Crippen LogP contribution is 2.32. The number of aryl methyl sites for hydroxylation is 1. The number of aromatic nitrogens is 1. The van der Waals surface area contributed by atoms with Crippen molar-refractivity contribution >= 4 is 51.8 Å². The Morgan fingerprint density at radius 3 is 2.62 bits per heavy atom. The Kier molecular flexibility index (Phi) is 6.35. The molecule has 2 aromatic heterocycles. The first kappa shape index (κ1) is 19.4. The fourth-order valence-electron chi connectivity index (χ4n) is 2.74. The third kappa shape index (κ3) is 3.96. The lowest BCUT2D eigenvalue weighted by molar-refractivity contribution is 0.100. The average molecular weight is 425 g/mol. The minimum Gasteiger partial charge on any atom is -0.316 e. The van der Waals surface area contributed by atoms with Gasteiger partial charge >= 0.3 is 0 Å². The summed E-state index contributed by atoms with van der Waals surface area (Å²) in [6.45, 7) is 4.91. The molecular formula is C19H18Cl2N2OS2. The Morgan fingerprint density at radius 2 is 2.00 bits per heavy atom. The molecule has 0 bridgehead atoms. The molecule has 0 aliphatic rings. The maximum absolute atomic E-state index is 12.5. The smallest absolute Gasteiger partial charge is 0.289 e. The molecule has 0 saturated heterocycles. The summed E-state index contributed by atoms with van der Waals surface area (Å²) in [6.07, 6.45) is 1.93. The molecule has 0 spiro atoms. The molecule has 136 valence electrons. The van der Waals surface area contributed by atoms with Crippen LogP contribution in [0.4, 0.5) is 0 Å². The molecule has 1 amide bonds. The molecule has 0 radical (unpaired) electrons. The lowest BCUT2D eigenvalue weighted by Gasteiger charge is -2.10. The topological polar surface area (TPSA) is 34.4 Å². The lowest BCUT2D eigenvalue weighted by atomic mass is 10.1. The van der Waals surface area contributed by atoms with Crippen molar-refractivity contribution in [3.8, 4) is 11.3 Å². The van der Waals surface area contributed by atoms with Gasteiger partial charge in [0.15, 0.2) is 4.80 Å². The molecule has 0 N–H and O–H groups in total. The molecule has 2 heterocycles. The molecule has 0 aliphatic carbocycles. The number of thiazole rings is 1.